The molecular formula is C25H21BrN2O4. The Balaban J connectivity index is 1.83. The van der Waals surface area contributed by atoms with Gasteiger partial charge in [0, 0.05) is 29.0 Å². The Labute approximate surface area is 194 Å². The molecule has 1 aliphatic heterocycles. The van der Waals surface area contributed by atoms with E-state index in [4.69, 9.17) is 4.74 Å². The Morgan fingerprint density at radius 1 is 1.09 bits per heavy atom. The number of benzene rings is 2. The number of hydrogen-bond acceptors (Lipinski definition) is 5. The van der Waals surface area contributed by atoms with Crippen molar-refractivity contribution < 1.29 is 19.4 Å². The van der Waals surface area contributed by atoms with Crippen LogP contribution in [0.2, 0.25) is 0 Å². The molecule has 1 aromatic heterocycles. The fourth-order valence-electron chi connectivity index (χ4n) is 3.75. The number of pyridine rings is 1. The summed E-state index contributed by atoms with van der Waals surface area (Å²) >= 11 is 3.37. The van der Waals surface area contributed by atoms with Crippen molar-refractivity contribution in [3.8, 4) is 5.75 Å². The molecule has 1 unspecified atom stereocenters. The first-order valence-corrected chi connectivity index (χ1v) is 10.9. The first-order valence-electron chi connectivity index (χ1n) is 10.2. The minimum absolute atomic E-state index is 0.0605. The van der Waals surface area contributed by atoms with Crippen LogP contribution in [0.25, 0.3) is 5.76 Å². The van der Waals surface area contributed by atoms with Gasteiger partial charge in [-0.25, -0.2) is 0 Å². The second-order valence-electron chi connectivity index (χ2n) is 7.30. The van der Waals surface area contributed by atoms with E-state index in [-0.39, 0.29) is 17.9 Å². The third-order valence-corrected chi connectivity index (χ3v) is 5.77. The molecule has 2 heterocycles. The van der Waals surface area contributed by atoms with Gasteiger partial charge < -0.3 is 14.7 Å². The van der Waals surface area contributed by atoms with Gasteiger partial charge in [-0.15, -0.1) is 0 Å². The molecule has 6 nitrogen and oxygen atoms in total. The lowest BCUT2D eigenvalue weighted by Crippen LogP contribution is -2.29. The van der Waals surface area contributed by atoms with Gasteiger partial charge in [-0.2, -0.15) is 0 Å². The topological polar surface area (TPSA) is 79.7 Å². The summed E-state index contributed by atoms with van der Waals surface area (Å²) in [6, 6.07) is 17.0. The average Bonchev–Trinajstić information content (AvgIpc) is 3.05. The lowest BCUT2D eigenvalue weighted by molar-refractivity contribution is -0.140. The summed E-state index contributed by atoms with van der Waals surface area (Å²) < 4.78 is 6.36. The number of aromatic nitrogens is 1. The van der Waals surface area contributed by atoms with Crippen molar-refractivity contribution in [2.75, 3.05) is 6.61 Å². The van der Waals surface area contributed by atoms with Gasteiger partial charge in [0.05, 0.1) is 18.2 Å². The van der Waals surface area contributed by atoms with Crippen LogP contribution < -0.4 is 4.74 Å². The number of likely N-dealkylation sites (tertiary alicyclic amines) is 1. The highest BCUT2D eigenvalue weighted by molar-refractivity contribution is 9.10. The Hall–Kier alpha value is -3.45. The number of Topliss-reactive ketones (excluding diaryl/α,β-unsaturated/α-hetero) is 1. The van der Waals surface area contributed by atoms with E-state index in [1.54, 1.807) is 54.9 Å². The standard InChI is InChI=1S/C25H21BrN2O4/c1-2-32-20-11-7-17(8-12-20)22-21(23(29)18-5-9-19(26)10-6-18)24(30)25(31)28(22)15-16-4-3-13-27-14-16/h3-14,22,29H,2,15H2,1H3/b23-21-. The van der Waals surface area contributed by atoms with Crippen molar-refractivity contribution in [2.45, 2.75) is 19.5 Å². The number of halogens is 1. The highest BCUT2D eigenvalue weighted by atomic mass is 79.9. The van der Waals surface area contributed by atoms with Crippen LogP contribution in [0.1, 0.15) is 29.7 Å². The summed E-state index contributed by atoms with van der Waals surface area (Å²) in [5, 5.41) is 11.1. The maximum Gasteiger partial charge on any atom is 0.295 e. The van der Waals surface area contributed by atoms with Crippen molar-refractivity contribution in [1.29, 1.82) is 0 Å². The van der Waals surface area contributed by atoms with Crippen LogP contribution >= 0.6 is 15.9 Å². The monoisotopic (exact) mass is 492 g/mol. The van der Waals surface area contributed by atoms with E-state index in [0.29, 0.717) is 23.5 Å². The van der Waals surface area contributed by atoms with Gasteiger partial charge in [0.15, 0.2) is 0 Å². The fourth-order valence-corrected chi connectivity index (χ4v) is 4.02. The Morgan fingerprint density at radius 3 is 2.44 bits per heavy atom. The first kappa shape index (κ1) is 21.8. The van der Waals surface area contributed by atoms with E-state index in [0.717, 1.165) is 10.0 Å². The van der Waals surface area contributed by atoms with E-state index in [1.165, 1.54) is 4.90 Å². The van der Waals surface area contributed by atoms with Crippen LogP contribution in [0.5, 0.6) is 5.75 Å². The Morgan fingerprint density at radius 2 is 1.81 bits per heavy atom. The van der Waals surface area contributed by atoms with Crippen LogP contribution in [0, 0.1) is 0 Å². The Bertz CT molecular complexity index is 1160. The number of rotatable bonds is 6. The molecule has 0 saturated carbocycles. The van der Waals surface area contributed by atoms with Crippen LogP contribution in [-0.2, 0) is 16.1 Å². The summed E-state index contributed by atoms with van der Waals surface area (Å²) in [6.07, 6.45) is 3.30. The van der Waals surface area contributed by atoms with Crippen molar-refractivity contribution in [3.05, 3.63) is 99.8 Å². The quantitative estimate of drug-likeness (QED) is 0.301. The molecule has 1 saturated heterocycles. The van der Waals surface area contributed by atoms with Crippen molar-refractivity contribution in [1.82, 2.24) is 9.88 Å². The smallest absolute Gasteiger partial charge is 0.295 e. The number of ether oxygens (including phenoxy) is 1. The van der Waals surface area contributed by atoms with E-state index in [1.807, 2.05) is 25.1 Å². The number of amides is 1. The molecule has 0 radical (unpaired) electrons. The third-order valence-electron chi connectivity index (χ3n) is 5.24. The number of ketones is 1. The summed E-state index contributed by atoms with van der Waals surface area (Å²) in [6.45, 7) is 2.62. The van der Waals surface area contributed by atoms with Gasteiger partial charge in [-0.1, -0.05) is 46.3 Å². The molecule has 1 amide bonds. The second-order valence-corrected chi connectivity index (χ2v) is 8.21. The third kappa shape index (κ3) is 4.29. The molecule has 32 heavy (non-hydrogen) atoms. The van der Waals surface area contributed by atoms with Crippen molar-refractivity contribution in [2.24, 2.45) is 0 Å². The minimum Gasteiger partial charge on any atom is -0.507 e. The zero-order valence-corrected chi connectivity index (χ0v) is 19.0. The maximum atomic E-state index is 13.1. The van der Waals surface area contributed by atoms with Crippen LogP contribution in [0.3, 0.4) is 0 Å². The molecule has 1 N–H and O–H groups in total. The van der Waals surface area contributed by atoms with E-state index >= 15 is 0 Å². The molecule has 3 aromatic rings. The van der Waals surface area contributed by atoms with Crippen LogP contribution in [0.15, 0.2) is 83.1 Å². The van der Waals surface area contributed by atoms with Crippen LogP contribution in [0.4, 0.5) is 0 Å². The highest BCUT2D eigenvalue weighted by Gasteiger charge is 2.46. The molecule has 1 aliphatic rings. The fraction of sp³-hybridized carbons (Fsp3) is 0.160. The van der Waals surface area contributed by atoms with E-state index < -0.39 is 17.7 Å². The SMILES string of the molecule is CCOc1ccc(C2/C(=C(/O)c3ccc(Br)cc3)C(=O)C(=O)N2Cc2cccnc2)cc1. The number of carbonyl (C=O) groups is 2. The molecule has 2 aromatic carbocycles. The summed E-state index contributed by atoms with van der Waals surface area (Å²) in [4.78, 5) is 31.7. The van der Waals surface area contributed by atoms with Gasteiger partial charge in [0.2, 0.25) is 0 Å². The van der Waals surface area contributed by atoms with E-state index in [9.17, 15) is 14.7 Å². The van der Waals surface area contributed by atoms with Crippen molar-refractivity contribution >= 4 is 33.4 Å². The first-order chi connectivity index (χ1) is 15.5. The maximum absolute atomic E-state index is 13.1. The van der Waals surface area contributed by atoms with Gasteiger partial charge in [0.25, 0.3) is 11.7 Å². The number of nitrogens with zero attached hydrogens (tertiary/aromatic N) is 2. The summed E-state index contributed by atoms with van der Waals surface area (Å²) in [5.41, 5.74) is 2.01. The highest BCUT2D eigenvalue weighted by Crippen LogP contribution is 2.40. The van der Waals surface area contributed by atoms with Crippen molar-refractivity contribution in [3.63, 3.8) is 0 Å². The van der Waals surface area contributed by atoms with E-state index in [2.05, 4.69) is 20.9 Å². The number of aliphatic hydroxyl groups is 1. The summed E-state index contributed by atoms with van der Waals surface area (Å²) in [5.74, 6) is -0.892. The second kappa shape index (κ2) is 9.36. The molecule has 4 rings (SSSR count). The number of carbonyl (C=O) groups excluding carboxylic acids is 2. The zero-order chi connectivity index (χ0) is 22.7. The van der Waals surface area contributed by atoms with Gasteiger partial charge >= 0.3 is 0 Å². The van der Waals surface area contributed by atoms with Gasteiger partial charge in [-0.3, -0.25) is 14.6 Å². The number of aliphatic hydroxyl groups excluding tert-OH is 1. The lowest BCUT2D eigenvalue weighted by atomic mass is 9.95. The minimum atomic E-state index is -0.741. The Kier molecular flexibility index (Phi) is 6.37. The molecule has 0 aliphatic carbocycles. The molecular weight excluding hydrogens is 472 g/mol. The normalized spacial score (nSPS) is 17.6. The molecule has 0 bridgehead atoms. The van der Waals surface area contributed by atoms with Crippen LogP contribution in [-0.4, -0.2) is 33.3 Å². The predicted molar refractivity (Wildman–Crippen MR) is 124 cm³/mol. The molecule has 7 heteroatoms. The van der Waals surface area contributed by atoms with Gasteiger partial charge in [0.1, 0.15) is 11.5 Å². The molecule has 162 valence electrons. The largest absolute Gasteiger partial charge is 0.507 e. The van der Waals surface area contributed by atoms with Gasteiger partial charge in [-0.05, 0) is 48.4 Å². The number of hydrogen-bond donors (Lipinski definition) is 1. The predicted octanol–water partition coefficient (Wildman–Crippen LogP) is 4.86. The average molecular weight is 493 g/mol. The molecule has 0 spiro atoms. The molecule has 1 fully saturated rings. The molecule has 1 atom stereocenters. The zero-order valence-electron chi connectivity index (χ0n) is 17.4. The summed E-state index contributed by atoms with van der Waals surface area (Å²) in [7, 11) is 0. The lowest BCUT2D eigenvalue weighted by Gasteiger charge is -2.25.